The van der Waals surface area contributed by atoms with Crippen molar-refractivity contribution >= 4 is 28.9 Å². The summed E-state index contributed by atoms with van der Waals surface area (Å²) in [7, 11) is 0. The van der Waals surface area contributed by atoms with E-state index in [1.165, 1.54) is 20.1 Å². The highest BCUT2D eigenvalue weighted by Crippen LogP contribution is 2.45. The van der Waals surface area contributed by atoms with E-state index in [-0.39, 0.29) is 35.5 Å². The maximum Gasteiger partial charge on any atom is 0.254 e. The topological polar surface area (TPSA) is 75.6 Å². The smallest absolute Gasteiger partial charge is 0.254 e. The van der Waals surface area contributed by atoms with Crippen LogP contribution in [0.25, 0.3) is 11.1 Å². The van der Waals surface area contributed by atoms with Crippen LogP contribution in [0.2, 0.25) is 5.02 Å². The third-order valence-electron chi connectivity index (χ3n) is 6.56. The number of hydrogen-bond acceptors (Lipinski definition) is 4. The molecule has 2 aliphatic heterocycles. The van der Waals surface area contributed by atoms with Gasteiger partial charge in [0.15, 0.2) is 0 Å². The van der Waals surface area contributed by atoms with Crippen molar-refractivity contribution in [3.8, 4) is 11.1 Å². The van der Waals surface area contributed by atoms with E-state index in [0.29, 0.717) is 23.4 Å². The maximum absolute atomic E-state index is 15.6. The van der Waals surface area contributed by atoms with Crippen LogP contribution in [0.15, 0.2) is 36.4 Å². The van der Waals surface area contributed by atoms with Gasteiger partial charge in [0.2, 0.25) is 0 Å². The fraction of sp³-hybridized carbons (Fsp3) is 0.458. The van der Waals surface area contributed by atoms with Crippen LogP contribution in [0, 0.1) is 17.6 Å². The van der Waals surface area contributed by atoms with Crippen molar-refractivity contribution in [2.24, 2.45) is 5.92 Å². The zero-order valence-corrected chi connectivity index (χ0v) is 20.2. The summed E-state index contributed by atoms with van der Waals surface area (Å²) in [5.74, 6) is -1.51. The number of fused-ring (bicyclic) bond motifs is 2. The average Bonchev–Trinajstić information content (AvgIpc) is 2.68. The Morgan fingerprint density at radius 1 is 1.30 bits per heavy atom. The fourth-order valence-electron chi connectivity index (χ4n) is 5.02. The Morgan fingerprint density at radius 2 is 2.00 bits per heavy atom. The van der Waals surface area contributed by atoms with Gasteiger partial charge in [0.05, 0.1) is 12.1 Å². The molecule has 0 radical (unpaired) electrons. The molecule has 33 heavy (non-hydrogen) atoms. The van der Waals surface area contributed by atoms with Crippen LogP contribution < -0.4 is 4.72 Å². The van der Waals surface area contributed by atoms with E-state index >= 15 is 4.39 Å². The lowest BCUT2D eigenvalue weighted by Crippen LogP contribution is -2.72. The molecule has 5 nitrogen and oxygen atoms in total. The van der Waals surface area contributed by atoms with Gasteiger partial charge in [-0.15, -0.1) is 4.72 Å². The van der Waals surface area contributed by atoms with E-state index in [1.54, 1.807) is 29.2 Å². The Kier molecular flexibility index (Phi) is 6.77. The number of nitrogens with one attached hydrogen (secondary N) is 1. The van der Waals surface area contributed by atoms with E-state index in [2.05, 4.69) is 4.72 Å². The summed E-state index contributed by atoms with van der Waals surface area (Å²) in [6, 6.07) is 7.74. The normalized spacial score (nSPS) is 25.5. The molecule has 0 spiro atoms. The number of carbonyl (C=O) groups excluding carboxylic acids is 1. The van der Waals surface area contributed by atoms with Gasteiger partial charge in [-0.25, -0.2) is 8.78 Å². The molecule has 1 amide bonds. The lowest BCUT2D eigenvalue weighted by molar-refractivity contribution is -0.166. The molecular formula is C24H27ClF2N2O3S. The molecule has 2 saturated heterocycles. The Balaban J connectivity index is 1.75. The second-order valence-electron chi connectivity index (χ2n) is 9.46. The van der Waals surface area contributed by atoms with Gasteiger partial charge >= 0.3 is 0 Å². The van der Waals surface area contributed by atoms with E-state index in [9.17, 15) is 18.8 Å². The molecule has 2 heterocycles. The van der Waals surface area contributed by atoms with Crippen LogP contribution >= 0.6 is 11.6 Å². The van der Waals surface area contributed by atoms with Gasteiger partial charge in [0, 0.05) is 28.0 Å². The van der Waals surface area contributed by atoms with Gasteiger partial charge in [-0.05, 0) is 74.4 Å². The molecule has 2 aromatic rings. The van der Waals surface area contributed by atoms with Crippen LogP contribution in [-0.4, -0.2) is 50.4 Å². The monoisotopic (exact) mass is 496 g/mol. The van der Waals surface area contributed by atoms with Crippen LogP contribution in [-0.2, 0) is 22.6 Å². The quantitative estimate of drug-likeness (QED) is 0.596. The summed E-state index contributed by atoms with van der Waals surface area (Å²) in [6.45, 7) is 2.83. The first kappa shape index (κ1) is 24.4. The van der Waals surface area contributed by atoms with Gasteiger partial charge in [0.25, 0.3) is 5.91 Å². The zero-order valence-electron chi connectivity index (χ0n) is 18.6. The molecule has 1 saturated carbocycles. The number of halogens is 3. The van der Waals surface area contributed by atoms with Gasteiger partial charge in [0.1, 0.15) is 23.5 Å². The predicted molar refractivity (Wildman–Crippen MR) is 125 cm³/mol. The second kappa shape index (κ2) is 9.15. The molecule has 0 aromatic heterocycles. The minimum atomic E-state index is -1.62. The highest BCUT2D eigenvalue weighted by atomic mass is 35.5. The molecule has 3 atom stereocenters. The third kappa shape index (κ3) is 4.91. The number of piperidine rings is 2. The van der Waals surface area contributed by atoms with E-state index in [0.717, 1.165) is 12.1 Å². The van der Waals surface area contributed by atoms with Crippen LogP contribution in [0.3, 0.4) is 0 Å². The van der Waals surface area contributed by atoms with E-state index in [4.69, 9.17) is 11.6 Å². The van der Waals surface area contributed by atoms with Gasteiger partial charge in [-0.3, -0.25) is 4.79 Å². The molecule has 1 aliphatic carbocycles. The van der Waals surface area contributed by atoms with E-state index < -0.39 is 40.5 Å². The first-order chi connectivity index (χ1) is 15.5. The molecule has 5 rings (SSSR count). The number of benzene rings is 2. The molecule has 2 aromatic carbocycles. The number of nitrogens with zero attached hydrogens (tertiary/aromatic N) is 1. The predicted octanol–water partition coefficient (Wildman–Crippen LogP) is 3.84. The summed E-state index contributed by atoms with van der Waals surface area (Å²) < 4.78 is 45.3. The molecule has 3 unspecified atom stereocenters. The Morgan fingerprint density at radius 3 is 2.61 bits per heavy atom. The summed E-state index contributed by atoms with van der Waals surface area (Å²) in [5, 5.41) is 10.8. The fourth-order valence-corrected chi connectivity index (χ4v) is 5.94. The zero-order chi connectivity index (χ0) is 24.1. The Labute approximate surface area is 200 Å². The summed E-state index contributed by atoms with van der Waals surface area (Å²) in [4.78, 5) is 14.7. The minimum Gasteiger partial charge on any atom is -0.598 e. The molecule has 178 valence electrons. The summed E-state index contributed by atoms with van der Waals surface area (Å²) in [5.41, 5.74) is -0.986. The molecule has 9 heteroatoms. The van der Waals surface area contributed by atoms with Crippen molar-refractivity contribution in [2.75, 3.05) is 6.26 Å². The summed E-state index contributed by atoms with van der Waals surface area (Å²) in [6.07, 6.45) is 2.95. The standard InChI is InChI=1S/C24H27ClF2N2O3S/c1-24(2,31)23(30)29-18-9-15(10-18)22(28-33(3)32)20(29)11-14-8-17(26)12-19(21(14)27)13-5-4-6-16(25)7-13/h4-8,12,15,18,20,22,28,31H,9-11H2,1-3H3. The third-order valence-corrected chi connectivity index (χ3v) is 7.40. The Hall–Kier alpha value is -1.71. The molecule has 2 bridgehead atoms. The highest BCUT2D eigenvalue weighted by molar-refractivity contribution is 7.88. The van der Waals surface area contributed by atoms with Gasteiger partial charge in [-0.1, -0.05) is 23.7 Å². The largest absolute Gasteiger partial charge is 0.598 e. The van der Waals surface area contributed by atoms with Crippen molar-refractivity contribution in [1.82, 2.24) is 9.62 Å². The van der Waals surface area contributed by atoms with Crippen molar-refractivity contribution in [3.05, 3.63) is 58.6 Å². The molecule has 3 fully saturated rings. The molecule has 2 N–H and O–H groups in total. The molecule has 3 aliphatic rings. The minimum absolute atomic E-state index is 0.0147. The maximum atomic E-state index is 15.6. The van der Waals surface area contributed by atoms with Crippen molar-refractivity contribution in [3.63, 3.8) is 0 Å². The number of hydrogen-bond donors (Lipinski definition) is 2. The average molecular weight is 497 g/mol. The highest BCUT2D eigenvalue weighted by Gasteiger charge is 2.55. The first-order valence-corrected chi connectivity index (χ1v) is 12.8. The van der Waals surface area contributed by atoms with Crippen LogP contribution in [0.1, 0.15) is 32.3 Å². The SMILES string of the molecule is C[S+]([O-])NC1C2CC(C2)N(C(=O)C(C)(C)O)C1Cc1cc(F)cc(-c2cccc(Cl)c2)c1F. The summed E-state index contributed by atoms with van der Waals surface area (Å²) >= 11 is 4.68. The van der Waals surface area contributed by atoms with Crippen LogP contribution in [0.5, 0.6) is 0 Å². The lowest BCUT2D eigenvalue weighted by atomic mass is 9.66. The number of rotatable bonds is 6. The van der Waals surface area contributed by atoms with Crippen molar-refractivity contribution in [1.29, 1.82) is 0 Å². The van der Waals surface area contributed by atoms with Crippen LogP contribution in [0.4, 0.5) is 8.78 Å². The van der Waals surface area contributed by atoms with E-state index in [1.807, 2.05) is 0 Å². The van der Waals surface area contributed by atoms with Gasteiger partial charge < -0.3 is 14.6 Å². The number of aliphatic hydroxyl groups is 1. The van der Waals surface area contributed by atoms with Gasteiger partial charge in [-0.2, -0.15) is 0 Å². The second-order valence-corrected chi connectivity index (χ2v) is 11.0. The Bertz CT molecular complexity index is 1060. The van der Waals surface area contributed by atoms with Crippen molar-refractivity contribution in [2.45, 2.75) is 56.8 Å². The first-order valence-electron chi connectivity index (χ1n) is 10.8. The lowest BCUT2D eigenvalue weighted by Gasteiger charge is -2.58. The van der Waals surface area contributed by atoms with Crippen molar-refractivity contribution < 1.29 is 23.2 Å². The number of carbonyl (C=O) groups is 1. The molecular weight excluding hydrogens is 470 g/mol. The number of amides is 1.